The molecule has 5 nitrogen and oxygen atoms in total. The van der Waals surface area contributed by atoms with E-state index in [1.807, 2.05) is 12.1 Å². The van der Waals surface area contributed by atoms with Crippen LogP contribution in [0.5, 0.6) is 17.2 Å². The average Bonchev–Trinajstić information content (AvgIpc) is 3.17. The topological polar surface area (TPSA) is 45.2 Å². The molecule has 2 aromatic rings. The molecule has 1 N–H and O–H groups in total. The van der Waals surface area contributed by atoms with Crippen molar-refractivity contribution in [2.45, 2.75) is 37.9 Å². The number of nitrogens with zero attached hydrogens (tertiary/aromatic N) is 2. The van der Waals surface area contributed by atoms with Crippen molar-refractivity contribution in [1.82, 2.24) is 9.80 Å². The van der Waals surface area contributed by atoms with Crippen LogP contribution in [-0.2, 0) is 13.0 Å². The Labute approximate surface area is 167 Å². The zero-order valence-corrected chi connectivity index (χ0v) is 16.8. The lowest BCUT2D eigenvalue weighted by atomic mass is 9.99. The summed E-state index contributed by atoms with van der Waals surface area (Å²) in [6.45, 7) is 4.26. The molecule has 2 fully saturated rings. The SMILES string of the molecule is COc1cc(CN2C[C@@H]3CCCN3C[C@@H]2Cc2ccccc2)cc(OC)c1O. The minimum atomic E-state index is 0.0650. The predicted molar refractivity (Wildman–Crippen MR) is 110 cm³/mol. The van der Waals surface area contributed by atoms with Crippen LogP contribution in [0.3, 0.4) is 0 Å². The highest BCUT2D eigenvalue weighted by Gasteiger charge is 2.36. The number of piperazine rings is 1. The van der Waals surface area contributed by atoms with E-state index in [2.05, 4.69) is 40.1 Å². The zero-order valence-electron chi connectivity index (χ0n) is 16.8. The minimum Gasteiger partial charge on any atom is -0.502 e. The van der Waals surface area contributed by atoms with Crippen LogP contribution in [0.2, 0.25) is 0 Å². The van der Waals surface area contributed by atoms with Crippen LogP contribution < -0.4 is 9.47 Å². The van der Waals surface area contributed by atoms with Gasteiger partial charge in [-0.25, -0.2) is 0 Å². The minimum absolute atomic E-state index is 0.0650. The van der Waals surface area contributed by atoms with Gasteiger partial charge >= 0.3 is 0 Å². The maximum absolute atomic E-state index is 10.2. The molecule has 150 valence electrons. The molecule has 4 rings (SSSR count). The van der Waals surface area contributed by atoms with Gasteiger partial charge in [-0.2, -0.15) is 0 Å². The highest BCUT2D eigenvalue weighted by molar-refractivity contribution is 5.52. The summed E-state index contributed by atoms with van der Waals surface area (Å²) in [7, 11) is 3.15. The predicted octanol–water partition coefficient (Wildman–Crippen LogP) is 3.30. The van der Waals surface area contributed by atoms with Crippen LogP contribution in [0, 0.1) is 0 Å². The zero-order chi connectivity index (χ0) is 19.5. The Bertz CT molecular complexity index is 771. The smallest absolute Gasteiger partial charge is 0.200 e. The lowest BCUT2D eigenvalue weighted by molar-refractivity contribution is 0.0455. The average molecular weight is 383 g/mol. The number of hydrogen-bond acceptors (Lipinski definition) is 5. The maximum Gasteiger partial charge on any atom is 0.200 e. The molecule has 2 aliphatic heterocycles. The van der Waals surface area contributed by atoms with Gasteiger partial charge in [-0.3, -0.25) is 9.80 Å². The van der Waals surface area contributed by atoms with E-state index < -0.39 is 0 Å². The molecule has 0 aromatic heterocycles. The third-order valence-corrected chi connectivity index (χ3v) is 6.15. The number of hydrogen-bond donors (Lipinski definition) is 1. The number of benzene rings is 2. The number of phenolic OH excluding ortho intramolecular Hbond substituents is 1. The molecule has 2 aliphatic rings. The standard InChI is InChI=1S/C23H30N2O3/c1-27-21-12-18(13-22(28-2)23(21)26)14-25-15-19-9-6-10-24(19)16-20(25)11-17-7-4-3-5-8-17/h3-5,7-8,12-13,19-20,26H,6,9-11,14-16H2,1-2H3/t19-,20-/m0/s1. The third kappa shape index (κ3) is 3.96. The summed E-state index contributed by atoms with van der Waals surface area (Å²) < 4.78 is 10.7. The molecule has 28 heavy (non-hydrogen) atoms. The van der Waals surface area contributed by atoms with Gasteiger partial charge in [-0.05, 0) is 49.1 Å². The molecule has 0 aliphatic carbocycles. The normalized spacial score (nSPS) is 22.8. The van der Waals surface area contributed by atoms with Gasteiger partial charge in [0.05, 0.1) is 14.2 Å². The Hall–Kier alpha value is -2.24. The van der Waals surface area contributed by atoms with E-state index >= 15 is 0 Å². The first-order valence-corrected chi connectivity index (χ1v) is 10.1. The van der Waals surface area contributed by atoms with Gasteiger partial charge < -0.3 is 14.6 Å². The molecular weight excluding hydrogens is 352 g/mol. The number of aromatic hydroxyl groups is 1. The number of phenols is 1. The fraction of sp³-hybridized carbons (Fsp3) is 0.478. The van der Waals surface area contributed by atoms with Crippen LogP contribution in [0.15, 0.2) is 42.5 Å². The van der Waals surface area contributed by atoms with Gasteiger partial charge in [-0.15, -0.1) is 0 Å². The van der Waals surface area contributed by atoms with Crippen molar-refractivity contribution >= 4 is 0 Å². The van der Waals surface area contributed by atoms with Crippen molar-refractivity contribution in [2.24, 2.45) is 0 Å². The first-order valence-electron chi connectivity index (χ1n) is 10.1. The third-order valence-electron chi connectivity index (χ3n) is 6.15. The molecule has 2 saturated heterocycles. The van der Waals surface area contributed by atoms with Crippen LogP contribution in [-0.4, -0.2) is 60.8 Å². The Morgan fingerprint density at radius 2 is 1.71 bits per heavy atom. The highest BCUT2D eigenvalue weighted by Crippen LogP contribution is 2.38. The second-order valence-electron chi connectivity index (χ2n) is 7.91. The molecule has 0 saturated carbocycles. The van der Waals surface area contributed by atoms with Crippen molar-refractivity contribution in [1.29, 1.82) is 0 Å². The fourth-order valence-electron chi connectivity index (χ4n) is 4.70. The largest absolute Gasteiger partial charge is 0.502 e. The summed E-state index contributed by atoms with van der Waals surface area (Å²) in [4.78, 5) is 5.27. The number of rotatable bonds is 6. The van der Waals surface area contributed by atoms with E-state index in [-0.39, 0.29) is 5.75 Å². The molecule has 0 radical (unpaired) electrons. The number of methoxy groups -OCH3 is 2. The van der Waals surface area contributed by atoms with E-state index in [4.69, 9.17) is 9.47 Å². The van der Waals surface area contributed by atoms with Crippen molar-refractivity contribution in [3.8, 4) is 17.2 Å². The molecule has 0 bridgehead atoms. The second-order valence-corrected chi connectivity index (χ2v) is 7.91. The van der Waals surface area contributed by atoms with E-state index in [0.29, 0.717) is 23.6 Å². The molecule has 5 heteroatoms. The Kier molecular flexibility index (Phi) is 5.74. The Morgan fingerprint density at radius 3 is 2.39 bits per heavy atom. The summed E-state index contributed by atoms with van der Waals surface area (Å²) in [5.74, 6) is 0.997. The maximum atomic E-state index is 10.2. The summed E-state index contributed by atoms with van der Waals surface area (Å²) in [5.41, 5.74) is 2.49. The first kappa shape index (κ1) is 19.1. The molecular formula is C23H30N2O3. The van der Waals surface area contributed by atoms with Crippen LogP contribution in [0.1, 0.15) is 24.0 Å². The lowest BCUT2D eigenvalue weighted by Crippen LogP contribution is -2.56. The first-order chi connectivity index (χ1) is 13.7. The molecule has 2 atom stereocenters. The molecule has 2 heterocycles. The molecule has 2 aromatic carbocycles. The van der Waals surface area contributed by atoms with E-state index in [1.54, 1.807) is 14.2 Å². The van der Waals surface area contributed by atoms with Gasteiger partial charge in [-0.1, -0.05) is 30.3 Å². The van der Waals surface area contributed by atoms with Gasteiger partial charge in [0.2, 0.25) is 5.75 Å². The van der Waals surface area contributed by atoms with Crippen LogP contribution in [0.25, 0.3) is 0 Å². The molecule has 0 amide bonds. The van der Waals surface area contributed by atoms with Crippen molar-refractivity contribution in [3.05, 3.63) is 53.6 Å². The van der Waals surface area contributed by atoms with Gasteiger partial charge in [0.15, 0.2) is 11.5 Å². The van der Waals surface area contributed by atoms with Crippen molar-refractivity contribution < 1.29 is 14.6 Å². The van der Waals surface area contributed by atoms with E-state index in [1.165, 1.54) is 24.9 Å². The molecule has 0 spiro atoms. The van der Waals surface area contributed by atoms with Crippen molar-refractivity contribution in [3.63, 3.8) is 0 Å². The summed E-state index contributed by atoms with van der Waals surface area (Å²) in [6, 6.07) is 15.8. The van der Waals surface area contributed by atoms with Gasteiger partial charge in [0, 0.05) is 31.7 Å². The summed E-state index contributed by atoms with van der Waals surface area (Å²) >= 11 is 0. The van der Waals surface area contributed by atoms with Gasteiger partial charge in [0.1, 0.15) is 0 Å². The fourth-order valence-corrected chi connectivity index (χ4v) is 4.70. The molecule has 0 unspecified atom stereocenters. The quantitative estimate of drug-likeness (QED) is 0.831. The summed E-state index contributed by atoms with van der Waals surface area (Å²) in [5, 5.41) is 10.2. The second kappa shape index (κ2) is 8.41. The van der Waals surface area contributed by atoms with Gasteiger partial charge in [0.25, 0.3) is 0 Å². The monoisotopic (exact) mass is 382 g/mol. The summed E-state index contributed by atoms with van der Waals surface area (Å²) in [6.07, 6.45) is 3.64. The highest BCUT2D eigenvalue weighted by atomic mass is 16.5. The lowest BCUT2D eigenvalue weighted by Gasteiger charge is -2.44. The Balaban J connectivity index is 1.57. The van der Waals surface area contributed by atoms with Crippen molar-refractivity contribution in [2.75, 3.05) is 33.9 Å². The Morgan fingerprint density at radius 1 is 1.00 bits per heavy atom. The van der Waals surface area contributed by atoms with Crippen LogP contribution in [0.4, 0.5) is 0 Å². The number of ether oxygens (including phenoxy) is 2. The van der Waals surface area contributed by atoms with E-state index in [0.717, 1.165) is 31.6 Å². The van der Waals surface area contributed by atoms with Crippen LogP contribution >= 0.6 is 0 Å². The number of fused-ring (bicyclic) bond motifs is 1. The van der Waals surface area contributed by atoms with E-state index in [9.17, 15) is 5.11 Å².